The third kappa shape index (κ3) is 2.73. The van der Waals surface area contributed by atoms with Crippen LogP contribution in [0, 0.1) is 11.7 Å². The van der Waals surface area contributed by atoms with E-state index in [4.69, 9.17) is 5.73 Å². The molecule has 16 heavy (non-hydrogen) atoms. The molecule has 2 nitrogen and oxygen atoms in total. The van der Waals surface area contributed by atoms with Crippen molar-refractivity contribution in [1.82, 2.24) is 5.32 Å². The number of benzene rings is 1. The normalized spacial score (nSPS) is 20.9. The number of halogens is 1. The molecule has 0 spiro atoms. The van der Waals surface area contributed by atoms with E-state index in [1.54, 1.807) is 6.07 Å². The Labute approximate surface area is 96.0 Å². The predicted octanol–water partition coefficient (Wildman–Crippen LogP) is 2.34. The number of piperidine rings is 1. The summed E-state index contributed by atoms with van der Waals surface area (Å²) in [6.07, 6.45) is 4.52. The molecular weight excluding hydrogens is 203 g/mol. The highest BCUT2D eigenvalue weighted by Gasteiger charge is 2.13. The first-order valence-corrected chi connectivity index (χ1v) is 6.01. The smallest absolute Gasteiger partial charge is 0.146 e. The molecule has 0 radical (unpaired) electrons. The summed E-state index contributed by atoms with van der Waals surface area (Å²) in [5.41, 5.74) is 6.98. The van der Waals surface area contributed by atoms with Gasteiger partial charge in [0, 0.05) is 0 Å². The fourth-order valence-corrected chi connectivity index (χ4v) is 2.33. The lowest BCUT2D eigenvalue weighted by Crippen LogP contribution is -2.29. The van der Waals surface area contributed by atoms with Gasteiger partial charge in [-0.1, -0.05) is 12.1 Å². The minimum Gasteiger partial charge on any atom is -0.396 e. The highest BCUT2D eigenvalue weighted by molar-refractivity contribution is 5.47. The Morgan fingerprint density at radius 3 is 3.06 bits per heavy atom. The molecule has 2 rings (SSSR count). The monoisotopic (exact) mass is 222 g/mol. The van der Waals surface area contributed by atoms with Crippen LogP contribution in [-0.4, -0.2) is 13.1 Å². The van der Waals surface area contributed by atoms with Crippen LogP contribution >= 0.6 is 0 Å². The third-order valence-electron chi connectivity index (χ3n) is 3.36. The zero-order valence-electron chi connectivity index (χ0n) is 9.51. The van der Waals surface area contributed by atoms with Gasteiger partial charge in [0.25, 0.3) is 0 Å². The minimum atomic E-state index is -0.292. The number of anilines is 1. The molecule has 0 aliphatic carbocycles. The summed E-state index contributed by atoms with van der Waals surface area (Å²) in [4.78, 5) is 0. The Morgan fingerprint density at radius 2 is 2.31 bits per heavy atom. The zero-order valence-corrected chi connectivity index (χ0v) is 9.51. The van der Waals surface area contributed by atoms with Crippen molar-refractivity contribution < 1.29 is 4.39 Å². The standard InChI is InChI=1S/C13H19FN2/c14-12-5-1-4-11(13(12)15)7-6-10-3-2-8-16-9-10/h1,4-5,10,16H,2-3,6-9,15H2. The molecule has 1 aromatic rings. The third-order valence-corrected chi connectivity index (χ3v) is 3.36. The van der Waals surface area contributed by atoms with Gasteiger partial charge in [-0.3, -0.25) is 0 Å². The molecule has 1 unspecified atom stereocenters. The summed E-state index contributed by atoms with van der Waals surface area (Å²) in [5.74, 6) is 0.427. The minimum absolute atomic E-state index is 0.292. The van der Waals surface area contributed by atoms with Gasteiger partial charge in [-0.2, -0.15) is 0 Å². The molecule has 0 amide bonds. The maximum Gasteiger partial charge on any atom is 0.146 e. The van der Waals surface area contributed by atoms with E-state index in [1.807, 2.05) is 6.07 Å². The van der Waals surface area contributed by atoms with Crippen LogP contribution in [0.5, 0.6) is 0 Å². The molecule has 1 aliphatic rings. The Balaban J connectivity index is 1.91. The average molecular weight is 222 g/mol. The van der Waals surface area contributed by atoms with Crippen LogP contribution in [0.4, 0.5) is 10.1 Å². The molecular formula is C13H19FN2. The van der Waals surface area contributed by atoms with Gasteiger partial charge >= 0.3 is 0 Å². The van der Waals surface area contributed by atoms with E-state index >= 15 is 0 Å². The maximum absolute atomic E-state index is 13.2. The van der Waals surface area contributed by atoms with Gasteiger partial charge in [-0.25, -0.2) is 4.39 Å². The van der Waals surface area contributed by atoms with Crippen LogP contribution in [0.25, 0.3) is 0 Å². The number of nitrogen functional groups attached to an aromatic ring is 1. The Bertz CT molecular complexity index is 346. The highest BCUT2D eigenvalue weighted by atomic mass is 19.1. The number of aryl methyl sites for hydroxylation is 1. The number of hydrogen-bond acceptors (Lipinski definition) is 2. The van der Waals surface area contributed by atoms with Gasteiger partial charge in [0.15, 0.2) is 0 Å². The number of nitrogens with one attached hydrogen (secondary N) is 1. The van der Waals surface area contributed by atoms with Crippen LogP contribution in [-0.2, 0) is 6.42 Å². The van der Waals surface area contributed by atoms with Crippen molar-refractivity contribution in [3.63, 3.8) is 0 Å². The molecule has 1 atom stereocenters. The molecule has 1 saturated heterocycles. The van der Waals surface area contributed by atoms with Crippen LogP contribution in [0.1, 0.15) is 24.8 Å². The number of rotatable bonds is 3. The molecule has 3 heteroatoms. The van der Waals surface area contributed by atoms with Gasteiger partial charge in [0.2, 0.25) is 0 Å². The Morgan fingerprint density at radius 1 is 1.44 bits per heavy atom. The van der Waals surface area contributed by atoms with Gasteiger partial charge in [0.05, 0.1) is 5.69 Å². The molecule has 88 valence electrons. The van der Waals surface area contributed by atoms with E-state index in [1.165, 1.54) is 18.9 Å². The lowest BCUT2D eigenvalue weighted by molar-refractivity contribution is 0.358. The largest absolute Gasteiger partial charge is 0.396 e. The van der Waals surface area contributed by atoms with Crippen LogP contribution < -0.4 is 11.1 Å². The lowest BCUT2D eigenvalue weighted by atomic mass is 9.92. The van der Waals surface area contributed by atoms with Gasteiger partial charge in [-0.05, 0) is 56.3 Å². The van der Waals surface area contributed by atoms with E-state index in [0.717, 1.165) is 37.4 Å². The zero-order chi connectivity index (χ0) is 11.4. The molecule has 3 N–H and O–H groups in total. The molecule has 0 aromatic heterocycles. The van der Waals surface area contributed by atoms with Crippen molar-refractivity contribution in [1.29, 1.82) is 0 Å². The number of nitrogens with two attached hydrogens (primary N) is 1. The molecule has 1 fully saturated rings. The van der Waals surface area contributed by atoms with Gasteiger partial charge in [-0.15, -0.1) is 0 Å². The fourth-order valence-electron chi connectivity index (χ4n) is 2.33. The Hall–Kier alpha value is -1.09. The quantitative estimate of drug-likeness (QED) is 0.770. The first-order chi connectivity index (χ1) is 7.77. The fraction of sp³-hybridized carbons (Fsp3) is 0.538. The van der Waals surface area contributed by atoms with Crippen molar-refractivity contribution in [3.8, 4) is 0 Å². The Kier molecular flexibility index (Phi) is 3.78. The average Bonchev–Trinajstić information content (AvgIpc) is 2.32. The van der Waals surface area contributed by atoms with Crippen molar-refractivity contribution in [2.75, 3.05) is 18.8 Å². The molecule has 1 heterocycles. The van der Waals surface area contributed by atoms with E-state index in [9.17, 15) is 4.39 Å². The van der Waals surface area contributed by atoms with Gasteiger partial charge < -0.3 is 11.1 Å². The first kappa shape index (κ1) is 11.4. The van der Waals surface area contributed by atoms with Crippen LogP contribution in [0.15, 0.2) is 18.2 Å². The molecule has 0 bridgehead atoms. The van der Waals surface area contributed by atoms with Crippen LogP contribution in [0.3, 0.4) is 0 Å². The van der Waals surface area contributed by atoms with E-state index < -0.39 is 0 Å². The second-order valence-corrected chi connectivity index (χ2v) is 4.56. The van der Waals surface area contributed by atoms with E-state index in [0.29, 0.717) is 5.69 Å². The second kappa shape index (κ2) is 5.30. The number of para-hydroxylation sites is 1. The number of hydrogen-bond donors (Lipinski definition) is 2. The summed E-state index contributed by atoms with van der Waals surface area (Å²) in [7, 11) is 0. The highest BCUT2D eigenvalue weighted by Crippen LogP contribution is 2.21. The topological polar surface area (TPSA) is 38.0 Å². The summed E-state index contributed by atoms with van der Waals surface area (Å²) in [6, 6.07) is 5.08. The summed E-state index contributed by atoms with van der Waals surface area (Å²) >= 11 is 0. The summed E-state index contributed by atoms with van der Waals surface area (Å²) in [6.45, 7) is 2.23. The maximum atomic E-state index is 13.2. The lowest BCUT2D eigenvalue weighted by Gasteiger charge is -2.22. The molecule has 0 saturated carbocycles. The first-order valence-electron chi connectivity index (χ1n) is 6.01. The summed E-state index contributed by atoms with van der Waals surface area (Å²) < 4.78 is 13.2. The second-order valence-electron chi connectivity index (χ2n) is 4.56. The van der Waals surface area contributed by atoms with Crippen molar-refractivity contribution in [3.05, 3.63) is 29.6 Å². The summed E-state index contributed by atoms with van der Waals surface area (Å²) in [5, 5.41) is 3.39. The molecule has 1 aromatic carbocycles. The van der Waals surface area contributed by atoms with Crippen molar-refractivity contribution in [2.45, 2.75) is 25.7 Å². The van der Waals surface area contributed by atoms with Crippen molar-refractivity contribution >= 4 is 5.69 Å². The molecule has 1 aliphatic heterocycles. The van der Waals surface area contributed by atoms with Crippen molar-refractivity contribution in [2.24, 2.45) is 5.92 Å². The van der Waals surface area contributed by atoms with Crippen LogP contribution in [0.2, 0.25) is 0 Å². The van der Waals surface area contributed by atoms with Gasteiger partial charge in [0.1, 0.15) is 5.82 Å². The predicted molar refractivity (Wildman–Crippen MR) is 64.7 cm³/mol. The van der Waals surface area contributed by atoms with E-state index in [2.05, 4.69) is 5.32 Å². The van der Waals surface area contributed by atoms with E-state index in [-0.39, 0.29) is 5.82 Å². The SMILES string of the molecule is Nc1c(F)cccc1CCC1CCCNC1.